The zero-order valence-electron chi connectivity index (χ0n) is 43.1. The molecule has 0 radical (unpaired) electrons. The lowest BCUT2D eigenvalue weighted by Crippen LogP contribution is -2.77. The van der Waals surface area contributed by atoms with Gasteiger partial charge < -0.3 is 65.7 Å². The molecule has 3 aliphatic carbocycles. The molecule has 6 fully saturated rings. The van der Waals surface area contributed by atoms with Crippen LogP contribution in [0.3, 0.4) is 0 Å². The monoisotopic (exact) mass is 1060 g/mol. The number of likely N-dealkylation sites (N-methyl/N-ethyl adjacent to an activating group) is 1. The Morgan fingerprint density at radius 1 is 0.867 bits per heavy atom. The number of nitrogens with one attached hydrogen (secondary N) is 3. The molecule has 0 aromatic heterocycles. The number of nitrogens with zero attached hydrogens (tertiary/aromatic N) is 4. The van der Waals surface area contributed by atoms with Gasteiger partial charge in [0, 0.05) is 59.2 Å². The number of anilines is 1. The Kier molecular flexibility index (Phi) is 17.0. The standard InChI is InChI=1S/C55H73ClN8O11/c1-34-4-10-40(28-41(34)56)64(20-3-19-62-21-13-36(14-22-62)26-35-5-7-37(8-6-35)52(57)70)53(71)38-15-23-63(24-16-38)48(69)32-74-30-46(67)59-33-58-45(66)29-73-31-47(68)60-42-12-17-55(72)44-27-39-9-11-43(65)50-49(39)54(55,51(42)75-50)18-25-61(44)2/h4-11,28,36,38,42,44,49-51,65,72H,3,12-27,29-33H2,1-2H3,(H2,57,70)(H,58,66)(H,59,67)(H,60,68)/t42-,44?,49?,50?,51-,54-,55+/m0/s1. The zero-order valence-corrected chi connectivity index (χ0v) is 43.9. The number of halogens is 1. The highest BCUT2D eigenvalue weighted by molar-refractivity contribution is 6.31. The molecule has 406 valence electrons. The van der Waals surface area contributed by atoms with Gasteiger partial charge in [-0.2, -0.15) is 0 Å². The molecule has 4 aliphatic heterocycles. The van der Waals surface area contributed by atoms with Crippen molar-refractivity contribution in [2.75, 3.05) is 90.9 Å². The Morgan fingerprint density at radius 3 is 2.25 bits per heavy atom. The van der Waals surface area contributed by atoms with Gasteiger partial charge in [0.05, 0.1) is 24.4 Å². The number of carbonyl (C=O) groups is 6. The van der Waals surface area contributed by atoms with E-state index in [1.165, 1.54) is 5.56 Å². The Balaban J connectivity index is 0.645. The van der Waals surface area contributed by atoms with Crippen LogP contribution in [-0.4, -0.2) is 176 Å². The van der Waals surface area contributed by atoms with Crippen LogP contribution in [0.15, 0.2) is 65.9 Å². The van der Waals surface area contributed by atoms with Crippen molar-refractivity contribution < 1.29 is 53.2 Å². The number of nitrogens with two attached hydrogens (primary N) is 1. The first-order chi connectivity index (χ1) is 36.0. The third-order valence-electron chi connectivity index (χ3n) is 17.3. The van der Waals surface area contributed by atoms with Crippen LogP contribution in [0.2, 0.25) is 5.02 Å². The summed E-state index contributed by atoms with van der Waals surface area (Å²) in [4.78, 5) is 85.0. The second kappa shape index (κ2) is 23.5. The molecule has 2 aromatic rings. The van der Waals surface area contributed by atoms with Crippen molar-refractivity contribution in [2.24, 2.45) is 28.9 Å². The summed E-state index contributed by atoms with van der Waals surface area (Å²) in [6.07, 6.45) is 9.74. The van der Waals surface area contributed by atoms with Crippen LogP contribution in [0.5, 0.6) is 0 Å². The van der Waals surface area contributed by atoms with E-state index in [9.17, 15) is 39.0 Å². The summed E-state index contributed by atoms with van der Waals surface area (Å²) in [5.41, 5.74) is 8.26. The summed E-state index contributed by atoms with van der Waals surface area (Å²) in [5, 5.41) is 31.9. The third kappa shape index (κ3) is 11.6. The van der Waals surface area contributed by atoms with Crippen LogP contribution in [-0.2, 0) is 44.6 Å². The molecule has 7 N–H and O–H groups in total. The van der Waals surface area contributed by atoms with Gasteiger partial charge in [0.1, 0.15) is 38.3 Å². The molecule has 19 nitrogen and oxygen atoms in total. The fourth-order valence-electron chi connectivity index (χ4n) is 13.3. The average molecular weight is 1060 g/mol. The van der Waals surface area contributed by atoms with Crippen LogP contribution in [0.25, 0.3) is 0 Å². The lowest BCUT2D eigenvalue weighted by atomic mass is 9.44. The molecule has 7 atom stereocenters. The van der Waals surface area contributed by atoms with Crippen LogP contribution in [0, 0.1) is 30.1 Å². The SMILES string of the molecule is Cc1ccc(N(CCCN2CCC(Cc3ccc(C(N)=O)cc3)CC2)C(=O)C2CCN(C(=O)COCC(=O)NCNC(=O)COCC(=O)N[C@H]3CC[C@@]4(O)C5CC6=CC=C(O)C7O[C@@H]3[C@]4(CCN5C)C67)CC2)cc1Cl. The Hall–Kier alpha value is -5.41. The second-order valence-electron chi connectivity index (χ2n) is 21.8. The fourth-order valence-corrected chi connectivity index (χ4v) is 13.5. The summed E-state index contributed by atoms with van der Waals surface area (Å²) < 4.78 is 17.4. The topological polar surface area (TPSA) is 246 Å². The minimum absolute atomic E-state index is 0.00671. The number of hydrogen-bond acceptors (Lipinski definition) is 13. The summed E-state index contributed by atoms with van der Waals surface area (Å²) in [6, 6.07) is 12.7. The van der Waals surface area contributed by atoms with E-state index in [0.29, 0.717) is 74.7 Å². The van der Waals surface area contributed by atoms with Gasteiger partial charge in [0.2, 0.25) is 35.4 Å². The molecule has 4 heterocycles. The van der Waals surface area contributed by atoms with Crippen LogP contribution in [0.4, 0.5) is 5.69 Å². The smallest absolute Gasteiger partial charge is 0.248 e. The van der Waals surface area contributed by atoms with E-state index in [4.69, 9.17) is 31.5 Å². The molecular weight excluding hydrogens is 984 g/mol. The maximum atomic E-state index is 14.2. The molecule has 9 rings (SSSR count). The van der Waals surface area contributed by atoms with Crippen molar-refractivity contribution in [3.63, 3.8) is 0 Å². The van der Waals surface area contributed by atoms with E-state index in [1.54, 1.807) is 23.1 Å². The van der Waals surface area contributed by atoms with Crippen LogP contribution < -0.4 is 26.6 Å². The number of amides is 6. The number of benzene rings is 2. The lowest BCUT2D eigenvalue weighted by molar-refractivity contribution is -0.234. The summed E-state index contributed by atoms with van der Waals surface area (Å²) in [6.45, 7) is 4.99. The van der Waals surface area contributed by atoms with Gasteiger partial charge >= 0.3 is 0 Å². The number of allylic oxidation sites excluding steroid dienone is 2. The van der Waals surface area contributed by atoms with E-state index >= 15 is 0 Å². The van der Waals surface area contributed by atoms with Gasteiger partial charge in [-0.15, -0.1) is 0 Å². The van der Waals surface area contributed by atoms with Crippen molar-refractivity contribution in [1.29, 1.82) is 0 Å². The zero-order chi connectivity index (χ0) is 53.0. The summed E-state index contributed by atoms with van der Waals surface area (Å²) in [7, 11) is 2.04. The van der Waals surface area contributed by atoms with Gasteiger partial charge in [-0.1, -0.05) is 41.4 Å². The molecule has 1 spiro atoms. The van der Waals surface area contributed by atoms with Crippen molar-refractivity contribution in [3.05, 3.63) is 87.7 Å². The normalized spacial score (nSPS) is 27.6. The van der Waals surface area contributed by atoms with Gasteiger partial charge in [-0.05, 0) is 152 Å². The molecule has 2 aromatic carbocycles. The number of aliphatic hydroxyl groups is 2. The van der Waals surface area contributed by atoms with Gasteiger partial charge in [-0.25, -0.2) is 0 Å². The van der Waals surface area contributed by atoms with E-state index in [0.717, 1.165) is 68.7 Å². The molecule has 4 saturated heterocycles. The molecule has 75 heavy (non-hydrogen) atoms. The molecule has 3 unspecified atom stereocenters. The fraction of sp³-hybridized carbons (Fsp3) is 0.600. The first-order valence-electron chi connectivity index (χ1n) is 26.7. The minimum atomic E-state index is -1.03. The van der Waals surface area contributed by atoms with E-state index in [1.807, 2.05) is 55.3 Å². The van der Waals surface area contributed by atoms with E-state index in [2.05, 4.69) is 25.8 Å². The molecule has 2 bridgehead atoms. The van der Waals surface area contributed by atoms with Crippen molar-refractivity contribution in [2.45, 2.75) is 101 Å². The van der Waals surface area contributed by atoms with Crippen LogP contribution in [0.1, 0.15) is 79.3 Å². The van der Waals surface area contributed by atoms with Crippen molar-refractivity contribution in [3.8, 4) is 0 Å². The van der Waals surface area contributed by atoms with Gasteiger partial charge in [-0.3, -0.25) is 28.8 Å². The number of piperidine rings is 3. The highest BCUT2D eigenvalue weighted by atomic mass is 35.5. The number of ether oxygens (including phenoxy) is 3. The largest absolute Gasteiger partial charge is 0.510 e. The number of likely N-dealkylation sites (tertiary alicyclic amines) is 3. The highest BCUT2D eigenvalue weighted by Gasteiger charge is 2.76. The second-order valence-corrected chi connectivity index (χ2v) is 22.2. The first-order valence-corrected chi connectivity index (χ1v) is 27.0. The molecule has 7 aliphatic rings. The minimum Gasteiger partial charge on any atom is -0.510 e. The molecule has 20 heteroatoms. The number of primary amides is 1. The lowest BCUT2D eigenvalue weighted by Gasteiger charge is -2.66. The van der Waals surface area contributed by atoms with Crippen molar-refractivity contribution in [1.82, 2.24) is 30.7 Å². The third-order valence-corrected chi connectivity index (χ3v) is 17.7. The number of aryl methyl sites for hydroxylation is 1. The number of hydrogen-bond donors (Lipinski definition) is 6. The molecule has 6 amide bonds. The number of aliphatic hydroxyl groups excluding tert-OH is 1. The van der Waals surface area contributed by atoms with Gasteiger partial charge in [0.25, 0.3) is 0 Å². The number of carbonyl (C=O) groups excluding carboxylic acids is 6. The molecular formula is C55H73ClN8O11. The molecule has 2 saturated carbocycles. The van der Waals surface area contributed by atoms with Crippen molar-refractivity contribution >= 4 is 52.7 Å². The Labute approximate surface area is 443 Å². The average Bonchev–Trinajstić information content (AvgIpc) is 3.89. The summed E-state index contributed by atoms with van der Waals surface area (Å²) >= 11 is 6.55. The summed E-state index contributed by atoms with van der Waals surface area (Å²) in [5.74, 6) is -2.02. The number of rotatable bonds is 20. The maximum absolute atomic E-state index is 14.2. The quantitative estimate of drug-likeness (QED) is 0.105. The predicted octanol–water partition coefficient (Wildman–Crippen LogP) is 2.76. The van der Waals surface area contributed by atoms with E-state index in [-0.39, 0.29) is 48.7 Å². The van der Waals surface area contributed by atoms with Crippen LogP contribution >= 0.6 is 11.6 Å². The van der Waals surface area contributed by atoms with Gasteiger partial charge in [0.15, 0.2) is 0 Å². The predicted molar refractivity (Wildman–Crippen MR) is 278 cm³/mol. The maximum Gasteiger partial charge on any atom is 0.248 e. The Bertz CT molecular complexity index is 2530. The van der Waals surface area contributed by atoms with E-state index < -0.39 is 72.7 Å². The Morgan fingerprint density at radius 2 is 1.56 bits per heavy atom. The highest BCUT2D eigenvalue weighted by Crippen LogP contribution is 2.68. The first kappa shape index (κ1) is 54.4.